The molecule has 3 atom stereocenters. The average Bonchev–Trinajstić information content (AvgIpc) is 2.86. The van der Waals surface area contributed by atoms with Crippen molar-refractivity contribution in [2.75, 3.05) is 5.75 Å². The zero-order valence-corrected chi connectivity index (χ0v) is 11.1. The molecule has 2 heterocycles. The average molecular weight is 273 g/mol. The Balaban J connectivity index is 2.10. The third-order valence-electron chi connectivity index (χ3n) is 3.92. The van der Waals surface area contributed by atoms with E-state index < -0.39 is 21.9 Å². The Morgan fingerprint density at radius 1 is 1.44 bits per heavy atom. The van der Waals surface area contributed by atoms with Crippen LogP contribution < -0.4 is 0 Å². The standard InChI is InChI=1S/C12H19NO4S/c1-2-3-4-7-18(16,17)13-9-5-6-11(13)10(8-9)12(14)15/h2,9-11H,1,3-8H2,(H,14,15). The number of nitrogens with zero attached hydrogens (tertiary/aromatic N) is 1. The molecule has 0 amide bonds. The summed E-state index contributed by atoms with van der Waals surface area (Å²) < 4.78 is 26.0. The maximum atomic E-state index is 12.2. The normalized spacial score (nSPS) is 31.7. The first kappa shape index (κ1) is 13.5. The molecule has 0 spiro atoms. The second-order valence-corrected chi connectivity index (χ2v) is 7.05. The number of unbranched alkanes of at least 4 members (excludes halogenated alkanes) is 1. The molecule has 18 heavy (non-hydrogen) atoms. The van der Waals surface area contributed by atoms with Gasteiger partial charge in [0.15, 0.2) is 0 Å². The summed E-state index contributed by atoms with van der Waals surface area (Å²) in [5.74, 6) is -1.29. The molecule has 102 valence electrons. The minimum absolute atomic E-state index is 0.0927. The van der Waals surface area contributed by atoms with Crippen molar-refractivity contribution in [3.05, 3.63) is 12.7 Å². The number of carbonyl (C=O) groups is 1. The van der Waals surface area contributed by atoms with Gasteiger partial charge in [-0.2, -0.15) is 4.31 Å². The van der Waals surface area contributed by atoms with E-state index in [-0.39, 0.29) is 17.8 Å². The van der Waals surface area contributed by atoms with Crippen LogP contribution in [0.25, 0.3) is 0 Å². The van der Waals surface area contributed by atoms with Crippen molar-refractivity contribution in [3.8, 4) is 0 Å². The lowest BCUT2D eigenvalue weighted by Crippen LogP contribution is -2.39. The summed E-state index contributed by atoms with van der Waals surface area (Å²) in [6, 6.07) is -0.411. The Bertz CT molecular complexity index is 445. The van der Waals surface area contributed by atoms with E-state index in [0.717, 1.165) is 6.42 Å². The highest BCUT2D eigenvalue weighted by molar-refractivity contribution is 7.89. The molecule has 0 aromatic carbocycles. The summed E-state index contributed by atoms with van der Waals surface area (Å²) in [6.45, 7) is 3.57. The molecule has 5 nitrogen and oxygen atoms in total. The third-order valence-corrected chi connectivity index (χ3v) is 5.94. The van der Waals surface area contributed by atoms with Gasteiger partial charge in [0.25, 0.3) is 0 Å². The van der Waals surface area contributed by atoms with Crippen LogP contribution in [0.3, 0.4) is 0 Å². The molecule has 2 rings (SSSR count). The number of carboxylic acid groups (broad SMARTS) is 1. The highest BCUT2D eigenvalue weighted by Gasteiger charge is 2.53. The second-order valence-electron chi connectivity index (χ2n) is 5.06. The molecule has 3 unspecified atom stereocenters. The largest absolute Gasteiger partial charge is 0.481 e. The lowest BCUT2D eigenvalue weighted by atomic mass is 9.89. The van der Waals surface area contributed by atoms with Gasteiger partial charge >= 0.3 is 5.97 Å². The lowest BCUT2D eigenvalue weighted by molar-refractivity contribution is -0.142. The summed E-state index contributed by atoms with van der Waals surface area (Å²) >= 11 is 0. The zero-order chi connectivity index (χ0) is 13.3. The summed E-state index contributed by atoms with van der Waals surface area (Å²) in [7, 11) is -3.31. The summed E-state index contributed by atoms with van der Waals surface area (Å²) in [5, 5.41) is 9.10. The van der Waals surface area contributed by atoms with Gasteiger partial charge in [-0.05, 0) is 32.1 Å². The second kappa shape index (κ2) is 5.01. The van der Waals surface area contributed by atoms with Crippen molar-refractivity contribution in [3.63, 3.8) is 0 Å². The molecule has 2 aliphatic heterocycles. The van der Waals surface area contributed by atoms with Gasteiger partial charge < -0.3 is 5.11 Å². The Morgan fingerprint density at radius 3 is 2.72 bits per heavy atom. The van der Waals surface area contributed by atoms with Gasteiger partial charge in [-0.1, -0.05) is 6.08 Å². The van der Waals surface area contributed by atoms with E-state index in [2.05, 4.69) is 6.58 Å². The van der Waals surface area contributed by atoms with Crippen molar-refractivity contribution >= 4 is 16.0 Å². The summed E-state index contributed by atoms with van der Waals surface area (Å²) in [6.07, 6.45) is 4.89. The molecule has 0 aliphatic carbocycles. The Morgan fingerprint density at radius 2 is 2.17 bits per heavy atom. The lowest BCUT2D eigenvalue weighted by Gasteiger charge is -2.22. The van der Waals surface area contributed by atoms with Crippen LogP contribution >= 0.6 is 0 Å². The van der Waals surface area contributed by atoms with E-state index in [1.54, 1.807) is 6.08 Å². The highest BCUT2D eigenvalue weighted by Crippen LogP contribution is 2.43. The zero-order valence-electron chi connectivity index (χ0n) is 10.3. The molecular formula is C12H19NO4S. The van der Waals surface area contributed by atoms with Crippen molar-refractivity contribution in [1.82, 2.24) is 4.31 Å². The maximum absolute atomic E-state index is 12.2. The van der Waals surface area contributed by atoms with Gasteiger partial charge in [-0.15, -0.1) is 6.58 Å². The van der Waals surface area contributed by atoms with Crippen LogP contribution in [0.1, 0.15) is 32.1 Å². The van der Waals surface area contributed by atoms with Crippen molar-refractivity contribution in [1.29, 1.82) is 0 Å². The van der Waals surface area contributed by atoms with E-state index >= 15 is 0 Å². The fourth-order valence-corrected chi connectivity index (χ4v) is 5.21. The topological polar surface area (TPSA) is 74.7 Å². The quantitative estimate of drug-likeness (QED) is 0.583. The van der Waals surface area contributed by atoms with Crippen LogP contribution in [0.4, 0.5) is 0 Å². The first-order chi connectivity index (χ1) is 8.47. The minimum atomic E-state index is -3.31. The van der Waals surface area contributed by atoms with Crippen molar-refractivity contribution in [2.24, 2.45) is 5.92 Å². The molecule has 0 radical (unpaired) electrons. The Labute approximate surface area is 108 Å². The monoisotopic (exact) mass is 273 g/mol. The molecule has 0 aromatic heterocycles. The van der Waals surface area contributed by atoms with Crippen LogP contribution in [0.2, 0.25) is 0 Å². The fraction of sp³-hybridized carbons (Fsp3) is 0.750. The number of carboxylic acids is 1. The van der Waals surface area contributed by atoms with Crippen LogP contribution in [0, 0.1) is 5.92 Å². The first-order valence-corrected chi connectivity index (χ1v) is 7.93. The number of fused-ring (bicyclic) bond motifs is 2. The van der Waals surface area contributed by atoms with Crippen LogP contribution in [0.15, 0.2) is 12.7 Å². The molecule has 1 N–H and O–H groups in total. The van der Waals surface area contributed by atoms with Crippen molar-refractivity contribution in [2.45, 2.75) is 44.2 Å². The molecule has 2 bridgehead atoms. The summed E-state index contributed by atoms with van der Waals surface area (Å²) in [4.78, 5) is 11.1. The summed E-state index contributed by atoms with van der Waals surface area (Å²) in [5.41, 5.74) is 0. The van der Waals surface area contributed by atoms with E-state index in [4.69, 9.17) is 5.11 Å². The Hall–Kier alpha value is -0.880. The van der Waals surface area contributed by atoms with Gasteiger partial charge in [-0.3, -0.25) is 4.79 Å². The van der Waals surface area contributed by atoms with Gasteiger partial charge in [-0.25, -0.2) is 8.42 Å². The molecule has 0 saturated carbocycles. The molecule has 6 heteroatoms. The highest BCUT2D eigenvalue weighted by atomic mass is 32.2. The van der Waals surface area contributed by atoms with E-state index in [9.17, 15) is 13.2 Å². The van der Waals surface area contributed by atoms with Crippen molar-refractivity contribution < 1.29 is 18.3 Å². The maximum Gasteiger partial charge on any atom is 0.308 e. The Kier molecular flexibility index (Phi) is 3.77. The number of hydrogen-bond acceptors (Lipinski definition) is 3. The number of aliphatic carboxylic acids is 1. The molecule has 2 aliphatic rings. The van der Waals surface area contributed by atoms with E-state index in [1.807, 2.05) is 0 Å². The van der Waals surface area contributed by atoms with Gasteiger partial charge in [0.2, 0.25) is 10.0 Å². The van der Waals surface area contributed by atoms with Gasteiger partial charge in [0, 0.05) is 12.1 Å². The molecule has 2 fully saturated rings. The third kappa shape index (κ3) is 2.31. The van der Waals surface area contributed by atoms with Gasteiger partial charge in [0.1, 0.15) is 0 Å². The predicted octanol–water partition coefficient (Wildman–Crippen LogP) is 1.22. The van der Waals surface area contributed by atoms with Crippen LogP contribution in [-0.2, 0) is 14.8 Å². The van der Waals surface area contributed by atoms with Gasteiger partial charge in [0.05, 0.1) is 11.7 Å². The molecule has 0 aromatic rings. The SMILES string of the molecule is C=CCCCS(=O)(=O)N1C2CCC1C(C(=O)O)C2. The first-order valence-electron chi connectivity index (χ1n) is 6.32. The number of allylic oxidation sites excluding steroid dienone is 1. The van der Waals surface area contributed by atoms with E-state index in [1.165, 1.54) is 4.31 Å². The smallest absolute Gasteiger partial charge is 0.308 e. The number of rotatable bonds is 6. The minimum Gasteiger partial charge on any atom is -0.481 e. The molecular weight excluding hydrogens is 254 g/mol. The number of hydrogen-bond donors (Lipinski definition) is 1. The van der Waals surface area contributed by atoms with E-state index in [0.29, 0.717) is 25.7 Å². The molecule has 2 saturated heterocycles. The predicted molar refractivity (Wildman–Crippen MR) is 67.6 cm³/mol. The fourth-order valence-electron chi connectivity index (χ4n) is 3.15. The van der Waals surface area contributed by atoms with Crippen LogP contribution in [0.5, 0.6) is 0 Å². The van der Waals surface area contributed by atoms with Crippen LogP contribution in [-0.4, -0.2) is 41.6 Å². The number of sulfonamides is 1.